The van der Waals surface area contributed by atoms with Gasteiger partial charge in [-0.25, -0.2) is 4.98 Å². The number of nitrogens with zero attached hydrogens (tertiary/aromatic N) is 3. The first-order valence-corrected chi connectivity index (χ1v) is 13.0. The minimum absolute atomic E-state index is 0.0571. The minimum atomic E-state index is -4.79. The lowest BCUT2D eigenvalue weighted by molar-refractivity contribution is -0.142. The van der Waals surface area contributed by atoms with Crippen LogP contribution >= 0.6 is 22.9 Å². The van der Waals surface area contributed by atoms with E-state index in [2.05, 4.69) is 15.4 Å². The van der Waals surface area contributed by atoms with Crippen LogP contribution in [0.25, 0.3) is 21.3 Å². The Morgan fingerprint density at radius 2 is 1.77 bits per heavy atom. The van der Waals surface area contributed by atoms with Crippen LogP contribution in [-0.2, 0) is 23.7 Å². The lowest BCUT2D eigenvalue weighted by atomic mass is 10.0. The third-order valence-corrected chi connectivity index (χ3v) is 7.71. The highest BCUT2D eigenvalue weighted by Crippen LogP contribution is 2.47. The molecule has 1 aromatic carbocycles. The molecule has 1 aliphatic rings. The maximum absolute atomic E-state index is 13.6. The Hall–Kier alpha value is -3.65. The second-order valence-corrected chi connectivity index (χ2v) is 10.5. The zero-order valence-electron chi connectivity index (χ0n) is 20.2. The van der Waals surface area contributed by atoms with Gasteiger partial charge in [-0.2, -0.15) is 31.4 Å². The summed E-state index contributed by atoms with van der Waals surface area (Å²) in [6.45, 7) is -0.260. The highest BCUT2D eigenvalue weighted by Gasteiger charge is 2.42. The number of benzene rings is 1. The Morgan fingerprint density at radius 3 is 2.35 bits per heavy atom. The molecule has 0 unspecified atom stereocenters. The molecular formula is C25H18ClF6N5O2S. The van der Waals surface area contributed by atoms with Crippen LogP contribution in [0.15, 0.2) is 36.4 Å². The number of nitrogens with one attached hydrogen (secondary N) is 1. The SMILES string of the molecule is NC(=O)c1sc2nc(C(F)(F)F)cc(-c3ccccc3)c2c1NC(=O)CCn1nc(C(F)(F)F)c(Cl)c1C1CC1. The predicted octanol–water partition coefficient (Wildman–Crippen LogP) is 6.86. The molecule has 1 aliphatic carbocycles. The molecule has 210 valence electrons. The molecule has 4 aromatic rings. The summed E-state index contributed by atoms with van der Waals surface area (Å²) in [4.78, 5) is 28.5. The molecule has 0 spiro atoms. The van der Waals surface area contributed by atoms with Crippen molar-refractivity contribution in [2.75, 3.05) is 5.32 Å². The molecule has 3 aromatic heterocycles. The molecule has 0 radical (unpaired) electrons. The van der Waals surface area contributed by atoms with Gasteiger partial charge in [-0.1, -0.05) is 41.9 Å². The summed E-state index contributed by atoms with van der Waals surface area (Å²) >= 11 is 6.57. The van der Waals surface area contributed by atoms with Gasteiger partial charge in [0.1, 0.15) is 15.4 Å². The molecule has 40 heavy (non-hydrogen) atoms. The van der Waals surface area contributed by atoms with Crippen LogP contribution in [-0.4, -0.2) is 26.6 Å². The zero-order chi connectivity index (χ0) is 29.0. The number of pyridine rings is 1. The number of thiophene rings is 1. The van der Waals surface area contributed by atoms with Gasteiger partial charge in [0.25, 0.3) is 5.91 Å². The number of nitrogens with two attached hydrogens (primary N) is 1. The third-order valence-electron chi connectivity index (χ3n) is 6.24. The van der Waals surface area contributed by atoms with E-state index in [1.165, 1.54) is 0 Å². The van der Waals surface area contributed by atoms with Gasteiger partial charge in [0.2, 0.25) is 5.91 Å². The fraction of sp³-hybridized carbons (Fsp3) is 0.280. The van der Waals surface area contributed by atoms with Crippen LogP contribution in [0.5, 0.6) is 0 Å². The monoisotopic (exact) mass is 601 g/mol. The van der Waals surface area contributed by atoms with E-state index in [1.54, 1.807) is 30.3 Å². The van der Waals surface area contributed by atoms with E-state index in [0.29, 0.717) is 29.7 Å². The Kier molecular flexibility index (Phi) is 7.03. The Balaban J connectivity index is 1.52. The van der Waals surface area contributed by atoms with E-state index < -0.39 is 40.6 Å². The molecule has 0 atom stereocenters. The van der Waals surface area contributed by atoms with Gasteiger partial charge in [-0.3, -0.25) is 14.3 Å². The molecule has 0 saturated heterocycles. The van der Waals surface area contributed by atoms with E-state index in [9.17, 15) is 35.9 Å². The van der Waals surface area contributed by atoms with Crippen molar-refractivity contribution < 1.29 is 35.9 Å². The molecule has 3 heterocycles. The van der Waals surface area contributed by atoms with Crippen LogP contribution in [0.3, 0.4) is 0 Å². The number of anilines is 1. The molecule has 0 bridgehead atoms. The highest BCUT2D eigenvalue weighted by atomic mass is 35.5. The van der Waals surface area contributed by atoms with E-state index in [-0.39, 0.29) is 50.9 Å². The number of halogens is 7. The number of carbonyl (C=O) groups excluding carboxylic acids is 2. The van der Waals surface area contributed by atoms with Crippen molar-refractivity contribution in [1.29, 1.82) is 0 Å². The van der Waals surface area contributed by atoms with Crippen molar-refractivity contribution >= 4 is 50.7 Å². The summed E-state index contributed by atoms with van der Waals surface area (Å²) < 4.78 is 82.1. The third kappa shape index (κ3) is 5.37. The van der Waals surface area contributed by atoms with Gasteiger partial charge < -0.3 is 11.1 Å². The first-order chi connectivity index (χ1) is 18.8. The number of fused-ring (bicyclic) bond motifs is 1. The van der Waals surface area contributed by atoms with E-state index in [4.69, 9.17) is 17.3 Å². The van der Waals surface area contributed by atoms with Gasteiger partial charge in [-0.15, -0.1) is 11.3 Å². The summed E-state index contributed by atoms with van der Waals surface area (Å²) in [6.07, 6.45) is -8.69. The van der Waals surface area contributed by atoms with Crippen molar-refractivity contribution in [1.82, 2.24) is 14.8 Å². The molecule has 0 aliphatic heterocycles. The van der Waals surface area contributed by atoms with Crippen LogP contribution in [0.4, 0.5) is 32.0 Å². The topological polar surface area (TPSA) is 103 Å². The molecule has 1 fully saturated rings. The van der Waals surface area contributed by atoms with Crippen molar-refractivity contribution in [2.45, 2.75) is 44.1 Å². The first-order valence-electron chi connectivity index (χ1n) is 11.8. The number of primary amides is 1. The molecule has 5 rings (SSSR count). The fourth-order valence-corrected chi connectivity index (χ4v) is 5.75. The number of rotatable bonds is 7. The maximum atomic E-state index is 13.6. The minimum Gasteiger partial charge on any atom is -0.365 e. The Bertz CT molecular complexity index is 1630. The van der Waals surface area contributed by atoms with Gasteiger partial charge >= 0.3 is 12.4 Å². The maximum Gasteiger partial charge on any atom is 0.436 e. The van der Waals surface area contributed by atoms with Crippen molar-refractivity contribution in [3.8, 4) is 11.1 Å². The number of aryl methyl sites for hydroxylation is 1. The van der Waals surface area contributed by atoms with Crippen LogP contribution in [0.2, 0.25) is 5.02 Å². The fourth-order valence-electron chi connectivity index (χ4n) is 4.34. The van der Waals surface area contributed by atoms with Crippen LogP contribution in [0, 0.1) is 0 Å². The Labute approximate surface area is 230 Å². The molecule has 15 heteroatoms. The normalized spacial score (nSPS) is 14.1. The summed E-state index contributed by atoms with van der Waals surface area (Å²) in [7, 11) is 0. The van der Waals surface area contributed by atoms with Crippen molar-refractivity contribution in [2.24, 2.45) is 5.73 Å². The quantitative estimate of drug-likeness (QED) is 0.226. The number of amides is 2. The standard InChI is InChI=1S/C25H18ClF6N5O2S/c26-17-19(12-6-7-12)37(36-21(17)25(30,31)32)9-8-15(38)35-18-16-13(11-4-2-1-3-5-11)10-14(24(27,28)29)34-23(16)40-20(18)22(33)39/h1-5,10,12H,6-9H2,(H2,33,39)(H,35,38). The molecule has 1 saturated carbocycles. The average Bonchev–Trinajstić information content (AvgIpc) is 3.55. The Morgan fingerprint density at radius 1 is 1.10 bits per heavy atom. The van der Waals surface area contributed by atoms with Gasteiger partial charge in [0, 0.05) is 17.7 Å². The summed E-state index contributed by atoms with van der Waals surface area (Å²) in [5, 5.41) is 5.68. The average molecular weight is 602 g/mol. The smallest absolute Gasteiger partial charge is 0.365 e. The summed E-state index contributed by atoms with van der Waals surface area (Å²) in [5.41, 5.74) is 3.53. The van der Waals surface area contributed by atoms with Gasteiger partial charge in [-0.05, 0) is 30.0 Å². The lowest BCUT2D eigenvalue weighted by Crippen LogP contribution is -2.19. The largest absolute Gasteiger partial charge is 0.436 e. The number of alkyl halides is 6. The zero-order valence-corrected chi connectivity index (χ0v) is 21.7. The first kappa shape index (κ1) is 27.9. The van der Waals surface area contributed by atoms with Crippen LogP contribution in [0.1, 0.15) is 51.9 Å². The number of hydrogen-bond donors (Lipinski definition) is 2. The summed E-state index contributed by atoms with van der Waals surface area (Å²) in [5.74, 6) is -1.94. The van der Waals surface area contributed by atoms with E-state index >= 15 is 0 Å². The van der Waals surface area contributed by atoms with Crippen LogP contribution < -0.4 is 11.1 Å². The van der Waals surface area contributed by atoms with Crippen molar-refractivity contribution in [3.63, 3.8) is 0 Å². The summed E-state index contributed by atoms with van der Waals surface area (Å²) in [6, 6.07) is 8.81. The van der Waals surface area contributed by atoms with Gasteiger partial charge in [0.15, 0.2) is 5.69 Å². The predicted molar refractivity (Wildman–Crippen MR) is 136 cm³/mol. The second-order valence-electron chi connectivity index (χ2n) is 9.11. The molecule has 2 amide bonds. The number of aromatic nitrogens is 3. The molecular weight excluding hydrogens is 584 g/mol. The number of hydrogen-bond acceptors (Lipinski definition) is 5. The second kappa shape index (κ2) is 10.1. The number of carbonyl (C=O) groups is 2. The van der Waals surface area contributed by atoms with E-state index in [1.807, 2.05) is 0 Å². The highest BCUT2D eigenvalue weighted by molar-refractivity contribution is 7.21. The van der Waals surface area contributed by atoms with Crippen molar-refractivity contribution in [3.05, 3.63) is 63.4 Å². The molecule has 7 nitrogen and oxygen atoms in total. The lowest BCUT2D eigenvalue weighted by Gasteiger charge is -2.13. The van der Waals surface area contributed by atoms with E-state index in [0.717, 1.165) is 10.7 Å². The molecule has 3 N–H and O–H groups in total. The van der Waals surface area contributed by atoms with Gasteiger partial charge in [0.05, 0.1) is 22.9 Å².